The van der Waals surface area contributed by atoms with Crippen LogP contribution in [0.4, 0.5) is 5.82 Å². The van der Waals surface area contributed by atoms with Gasteiger partial charge in [-0.15, -0.1) is 0 Å². The monoisotopic (exact) mass is 362 g/mol. The predicted octanol–water partition coefficient (Wildman–Crippen LogP) is 5.37. The standard InChI is InChI=1S/C20H34N4S/c1-4-6-11-17-23-18-19(16(3)15-22-20(18)21)24(17)12-9-8-10-14-25-13-7-5-2/h15H,4-14H2,1-3H3,(H2,21,22). The fourth-order valence-electron chi connectivity index (χ4n) is 3.13. The van der Waals surface area contributed by atoms with Gasteiger partial charge in [0.15, 0.2) is 5.82 Å². The van der Waals surface area contributed by atoms with Crippen molar-refractivity contribution >= 4 is 28.6 Å². The van der Waals surface area contributed by atoms with Crippen LogP contribution in [0.5, 0.6) is 0 Å². The van der Waals surface area contributed by atoms with Gasteiger partial charge in [0, 0.05) is 19.2 Å². The Kier molecular flexibility index (Phi) is 8.59. The molecule has 0 aliphatic carbocycles. The molecule has 0 amide bonds. The molecule has 0 atom stereocenters. The van der Waals surface area contributed by atoms with Gasteiger partial charge >= 0.3 is 0 Å². The van der Waals surface area contributed by atoms with E-state index in [0.29, 0.717) is 5.82 Å². The van der Waals surface area contributed by atoms with Crippen LogP contribution in [0.25, 0.3) is 11.0 Å². The molecule has 0 radical (unpaired) electrons. The van der Waals surface area contributed by atoms with Gasteiger partial charge in [-0.25, -0.2) is 9.97 Å². The first-order chi connectivity index (χ1) is 12.2. The molecule has 0 bridgehead atoms. The van der Waals surface area contributed by atoms with Crippen LogP contribution in [-0.2, 0) is 13.0 Å². The van der Waals surface area contributed by atoms with Crippen molar-refractivity contribution in [2.75, 3.05) is 17.2 Å². The van der Waals surface area contributed by atoms with Crippen molar-refractivity contribution in [2.24, 2.45) is 0 Å². The molecule has 2 aromatic heterocycles. The molecule has 5 heteroatoms. The minimum Gasteiger partial charge on any atom is -0.382 e. The minimum atomic E-state index is 0.560. The number of anilines is 1. The average molecular weight is 363 g/mol. The highest BCUT2D eigenvalue weighted by atomic mass is 32.2. The Bertz CT molecular complexity index is 651. The molecular formula is C20H34N4S. The third-order valence-electron chi connectivity index (χ3n) is 4.63. The van der Waals surface area contributed by atoms with E-state index in [1.807, 2.05) is 6.20 Å². The van der Waals surface area contributed by atoms with Gasteiger partial charge in [-0.3, -0.25) is 0 Å². The number of nitrogens with two attached hydrogens (primary N) is 1. The first-order valence-electron chi connectivity index (χ1n) is 9.86. The van der Waals surface area contributed by atoms with Crippen molar-refractivity contribution in [2.45, 2.75) is 78.7 Å². The van der Waals surface area contributed by atoms with Gasteiger partial charge in [-0.2, -0.15) is 11.8 Å². The predicted molar refractivity (Wildman–Crippen MR) is 111 cm³/mol. The zero-order valence-corrected chi connectivity index (χ0v) is 17.0. The lowest BCUT2D eigenvalue weighted by Crippen LogP contribution is -2.05. The molecule has 0 saturated carbocycles. The van der Waals surface area contributed by atoms with Crippen molar-refractivity contribution in [3.8, 4) is 0 Å². The molecule has 0 unspecified atom stereocenters. The number of hydrogen-bond acceptors (Lipinski definition) is 4. The summed E-state index contributed by atoms with van der Waals surface area (Å²) in [4.78, 5) is 9.12. The van der Waals surface area contributed by atoms with E-state index in [2.05, 4.69) is 42.1 Å². The lowest BCUT2D eigenvalue weighted by Gasteiger charge is -2.10. The molecule has 0 fully saturated rings. The van der Waals surface area contributed by atoms with E-state index in [4.69, 9.17) is 10.7 Å². The number of nitrogens with zero attached hydrogens (tertiary/aromatic N) is 3. The van der Waals surface area contributed by atoms with E-state index >= 15 is 0 Å². The Labute approximate surface area is 157 Å². The number of pyridine rings is 1. The Hall–Kier alpha value is -1.23. The number of nitrogen functional groups attached to an aromatic ring is 1. The molecule has 2 rings (SSSR count). The Morgan fingerprint density at radius 2 is 1.80 bits per heavy atom. The second-order valence-corrected chi connectivity index (χ2v) is 8.06. The smallest absolute Gasteiger partial charge is 0.151 e. The van der Waals surface area contributed by atoms with Crippen LogP contribution < -0.4 is 5.73 Å². The Morgan fingerprint density at radius 1 is 1.04 bits per heavy atom. The van der Waals surface area contributed by atoms with Gasteiger partial charge in [0.2, 0.25) is 0 Å². The normalized spacial score (nSPS) is 11.5. The summed E-state index contributed by atoms with van der Waals surface area (Å²) in [6.07, 6.45) is 11.7. The lowest BCUT2D eigenvalue weighted by molar-refractivity contribution is 0.584. The molecule has 2 aromatic rings. The minimum absolute atomic E-state index is 0.560. The summed E-state index contributed by atoms with van der Waals surface area (Å²) in [6, 6.07) is 0. The SMILES string of the molecule is CCCCSCCCCCn1c(CCCC)nc2c(N)ncc(C)c21. The molecule has 2 heterocycles. The molecule has 2 N–H and O–H groups in total. The third-order valence-corrected chi connectivity index (χ3v) is 5.78. The summed E-state index contributed by atoms with van der Waals surface area (Å²) in [6.45, 7) is 7.64. The fraction of sp³-hybridized carbons (Fsp3) is 0.700. The topological polar surface area (TPSA) is 56.7 Å². The summed E-state index contributed by atoms with van der Waals surface area (Å²) in [7, 11) is 0. The number of thioether (sulfide) groups is 1. The molecular weight excluding hydrogens is 328 g/mol. The van der Waals surface area contributed by atoms with Crippen LogP contribution in [0.2, 0.25) is 0 Å². The summed E-state index contributed by atoms with van der Waals surface area (Å²) in [5.41, 5.74) is 9.34. The van der Waals surface area contributed by atoms with Gasteiger partial charge in [-0.05, 0) is 49.7 Å². The zero-order valence-electron chi connectivity index (χ0n) is 16.2. The van der Waals surface area contributed by atoms with Gasteiger partial charge in [-0.1, -0.05) is 33.1 Å². The van der Waals surface area contributed by atoms with Crippen LogP contribution in [-0.4, -0.2) is 26.0 Å². The van der Waals surface area contributed by atoms with Crippen molar-refractivity contribution in [1.29, 1.82) is 0 Å². The highest BCUT2D eigenvalue weighted by molar-refractivity contribution is 7.99. The summed E-state index contributed by atoms with van der Waals surface area (Å²) in [5, 5.41) is 0. The maximum absolute atomic E-state index is 6.08. The molecule has 0 spiro atoms. The maximum Gasteiger partial charge on any atom is 0.151 e. The molecule has 0 aromatic carbocycles. The van der Waals surface area contributed by atoms with E-state index in [1.165, 1.54) is 73.4 Å². The van der Waals surface area contributed by atoms with Crippen LogP contribution in [0.15, 0.2) is 6.20 Å². The molecule has 140 valence electrons. The van der Waals surface area contributed by atoms with E-state index < -0.39 is 0 Å². The number of hydrogen-bond donors (Lipinski definition) is 1. The highest BCUT2D eigenvalue weighted by Crippen LogP contribution is 2.25. The van der Waals surface area contributed by atoms with Crippen LogP contribution >= 0.6 is 11.8 Å². The first kappa shape index (κ1) is 20.1. The van der Waals surface area contributed by atoms with Crippen molar-refractivity contribution < 1.29 is 0 Å². The van der Waals surface area contributed by atoms with Gasteiger partial charge in [0.05, 0.1) is 5.52 Å². The molecule has 4 nitrogen and oxygen atoms in total. The molecule has 0 aliphatic heterocycles. The summed E-state index contributed by atoms with van der Waals surface area (Å²) in [5.74, 6) is 4.35. The van der Waals surface area contributed by atoms with Crippen molar-refractivity contribution in [3.05, 3.63) is 17.6 Å². The summed E-state index contributed by atoms with van der Waals surface area (Å²) < 4.78 is 2.41. The quantitative estimate of drug-likeness (QED) is 0.516. The van der Waals surface area contributed by atoms with Gasteiger partial charge in [0.1, 0.15) is 11.3 Å². The highest BCUT2D eigenvalue weighted by Gasteiger charge is 2.15. The van der Waals surface area contributed by atoms with Crippen LogP contribution in [0.1, 0.15) is 70.2 Å². The average Bonchev–Trinajstić information content (AvgIpc) is 2.98. The van der Waals surface area contributed by atoms with E-state index in [-0.39, 0.29) is 0 Å². The molecule has 0 aliphatic rings. The number of aryl methyl sites for hydroxylation is 3. The zero-order chi connectivity index (χ0) is 18.1. The second-order valence-electron chi connectivity index (χ2n) is 6.83. The molecule has 25 heavy (non-hydrogen) atoms. The maximum atomic E-state index is 6.08. The number of imidazole rings is 1. The number of aromatic nitrogens is 3. The second kappa shape index (κ2) is 10.7. The molecule has 0 saturated heterocycles. The Balaban J connectivity index is 1.99. The first-order valence-corrected chi connectivity index (χ1v) is 11.0. The van der Waals surface area contributed by atoms with Gasteiger partial charge in [0.25, 0.3) is 0 Å². The third kappa shape index (κ3) is 5.63. The van der Waals surface area contributed by atoms with Crippen LogP contribution in [0, 0.1) is 6.92 Å². The lowest BCUT2D eigenvalue weighted by atomic mass is 10.2. The van der Waals surface area contributed by atoms with Crippen molar-refractivity contribution in [3.63, 3.8) is 0 Å². The Morgan fingerprint density at radius 3 is 2.56 bits per heavy atom. The number of rotatable bonds is 12. The van der Waals surface area contributed by atoms with E-state index in [9.17, 15) is 0 Å². The number of unbranched alkanes of at least 4 members (excludes halogenated alkanes) is 4. The van der Waals surface area contributed by atoms with Crippen molar-refractivity contribution in [1.82, 2.24) is 14.5 Å². The van der Waals surface area contributed by atoms with Crippen LogP contribution in [0.3, 0.4) is 0 Å². The van der Waals surface area contributed by atoms with E-state index in [0.717, 1.165) is 18.5 Å². The van der Waals surface area contributed by atoms with Gasteiger partial charge < -0.3 is 10.3 Å². The van der Waals surface area contributed by atoms with E-state index in [1.54, 1.807) is 0 Å². The fourth-order valence-corrected chi connectivity index (χ4v) is 4.24. The number of fused-ring (bicyclic) bond motifs is 1. The summed E-state index contributed by atoms with van der Waals surface area (Å²) >= 11 is 2.10. The largest absolute Gasteiger partial charge is 0.382 e.